The number of fused-ring (bicyclic) bond motifs is 10. The van der Waals surface area contributed by atoms with Gasteiger partial charge in [0.1, 0.15) is 42.4 Å². The Kier molecular flexibility index (Phi) is 14.0. The molecule has 19 nitrogen and oxygen atoms in total. The standard InChI is InChI=1S/C61H86O19/c1-27-15-34-7-9-38-28(2)16-36(66-38)11-13-59-25-47-55(79-59)56-57(73-47)58(80-59)54-39(70-56)10-8-35(68-54)18-49(65)74-53-32(6)52-44(69-43(53)20-40(67-34)31(27)5)21-42-46(72-52)24-61(75-42)26-48-51(78-61)30(4)23-60(77-48)22-29(3)50-45(76-60)19-37(64)41(71-50)17-33(63)12-14-62/h27,29-30,32,34-48,50-58,62,64H,2,5,7-26H2,1,3-4,6H3/t27-,29-,30-,32+,34+,35+,36-,37-,38-,39-,40-,41-,42+,43-,44-,45+,46-,47+,48-,50-,51-,52-,53+,54-,55-,56+,57+,58+,59+,60+,61?/m0/s1. The molecule has 31 atom stereocenters. The van der Waals surface area contributed by atoms with E-state index in [0.29, 0.717) is 64.2 Å². The fourth-order valence-electron chi connectivity index (χ4n) is 18.3. The first-order valence-corrected chi connectivity index (χ1v) is 31.2. The van der Waals surface area contributed by atoms with Crippen LogP contribution in [-0.2, 0) is 80.6 Å². The van der Waals surface area contributed by atoms with E-state index in [4.69, 9.17) is 71.1 Å². The molecule has 0 aromatic heterocycles. The smallest absolute Gasteiger partial charge is 0.308 e. The van der Waals surface area contributed by atoms with Crippen LogP contribution in [-0.4, -0.2) is 192 Å². The van der Waals surface area contributed by atoms with Gasteiger partial charge in [-0.25, -0.2) is 0 Å². The molecular weight excluding hydrogens is 1040 g/mol. The second kappa shape index (κ2) is 20.6. The molecule has 444 valence electrons. The van der Waals surface area contributed by atoms with E-state index < -0.39 is 66.2 Å². The summed E-state index contributed by atoms with van der Waals surface area (Å²) in [6, 6.07) is 0. The second-order valence-corrected chi connectivity index (χ2v) is 27.7. The highest BCUT2D eigenvalue weighted by Gasteiger charge is 2.70. The average molecular weight is 1120 g/mol. The third-order valence-corrected chi connectivity index (χ3v) is 22.0. The summed E-state index contributed by atoms with van der Waals surface area (Å²) in [4.78, 5) is 27.0. The second-order valence-electron chi connectivity index (χ2n) is 27.7. The van der Waals surface area contributed by atoms with Crippen molar-refractivity contribution in [2.75, 3.05) is 6.61 Å². The van der Waals surface area contributed by atoms with Gasteiger partial charge in [0.05, 0.1) is 116 Å². The average Bonchev–Trinajstić information content (AvgIpc) is 4.36. The quantitative estimate of drug-likeness (QED) is 0.262. The fraction of sp³-hybridized carbons (Fsp3) is 0.902. The van der Waals surface area contributed by atoms with Crippen LogP contribution in [0.15, 0.2) is 24.3 Å². The molecule has 80 heavy (non-hydrogen) atoms. The van der Waals surface area contributed by atoms with E-state index in [2.05, 4.69) is 40.9 Å². The van der Waals surface area contributed by atoms with Gasteiger partial charge in [-0.05, 0) is 73.8 Å². The predicted octanol–water partition coefficient (Wildman–Crippen LogP) is 5.52. The summed E-state index contributed by atoms with van der Waals surface area (Å²) in [5.74, 6) is -3.05. The number of ketones is 1. The normalized spacial score (nSPS) is 56.9. The minimum atomic E-state index is -0.939. The van der Waals surface area contributed by atoms with Crippen LogP contribution >= 0.6 is 0 Å². The van der Waals surface area contributed by atoms with Crippen LogP contribution in [0.1, 0.15) is 150 Å². The molecule has 16 heterocycles. The van der Waals surface area contributed by atoms with Crippen molar-refractivity contribution in [1.29, 1.82) is 0 Å². The van der Waals surface area contributed by atoms with Gasteiger partial charge in [0, 0.05) is 83.2 Å². The number of rotatable bonds is 4. The molecule has 0 saturated carbocycles. The molecule has 2 N–H and O–H groups in total. The van der Waals surface area contributed by atoms with Crippen molar-refractivity contribution in [3.8, 4) is 0 Å². The Hall–Kier alpha value is -2.02. The highest BCUT2D eigenvalue weighted by molar-refractivity contribution is 5.79. The van der Waals surface area contributed by atoms with Crippen molar-refractivity contribution in [1.82, 2.24) is 0 Å². The number of esters is 1. The Bertz CT molecular complexity index is 2410. The lowest BCUT2D eigenvalue weighted by Crippen LogP contribution is -2.62. The molecule has 12 bridgehead atoms. The number of aliphatic hydroxyl groups excluding tert-OH is 2. The third-order valence-electron chi connectivity index (χ3n) is 22.0. The Morgan fingerprint density at radius 2 is 1.20 bits per heavy atom. The lowest BCUT2D eigenvalue weighted by molar-refractivity contribution is -0.371. The largest absolute Gasteiger partial charge is 0.459 e. The van der Waals surface area contributed by atoms with E-state index >= 15 is 0 Å². The number of carbonyl (C=O) groups excluding carboxylic acids is 2. The van der Waals surface area contributed by atoms with Crippen LogP contribution in [0.2, 0.25) is 0 Å². The maximum atomic E-state index is 14.6. The fourth-order valence-corrected chi connectivity index (χ4v) is 18.3. The monoisotopic (exact) mass is 1120 g/mol. The topological polar surface area (TPSA) is 213 Å². The van der Waals surface area contributed by atoms with Gasteiger partial charge >= 0.3 is 5.97 Å². The van der Waals surface area contributed by atoms with Crippen LogP contribution in [0.5, 0.6) is 0 Å². The first kappa shape index (κ1) is 54.6. The van der Waals surface area contributed by atoms with Crippen LogP contribution in [0.25, 0.3) is 0 Å². The molecule has 16 aliphatic heterocycles. The van der Waals surface area contributed by atoms with Crippen LogP contribution in [0, 0.1) is 23.7 Å². The molecule has 0 aliphatic carbocycles. The van der Waals surface area contributed by atoms with Crippen molar-refractivity contribution in [2.24, 2.45) is 23.7 Å². The van der Waals surface area contributed by atoms with Crippen molar-refractivity contribution in [3.05, 3.63) is 24.3 Å². The van der Waals surface area contributed by atoms with Crippen LogP contribution in [0.3, 0.4) is 0 Å². The van der Waals surface area contributed by atoms with Gasteiger partial charge < -0.3 is 81.3 Å². The summed E-state index contributed by atoms with van der Waals surface area (Å²) in [5.41, 5.74) is 2.15. The molecule has 3 spiro atoms. The first-order chi connectivity index (χ1) is 38.5. The Balaban J connectivity index is 0.652. The van der Waals surface area contributed by atoms with Crippen molar-refractivity contribution in [2.45, 2.75) is 314 Å². The maximum Gasteiger partial charge on any atom is 0.308 e. The molecule has 0 aromatic carbocycles. The Morgan fingerprint density at radius 3 is 2.05 bits per heavy atom. The molecule has 1 unspecified atom stereocenters. The van der Waals surface area contributed by atoms with Crippen LogP contribution < -0.4 is 0 Å². The summed E-state index contributed by atoms with van der Waals surface area (Å²) < 4.78 is 104. The molecule has 16 fully saturated rings. The van der Waals surface area contributed by atoms with E-state index in [0.717, 1.165) is 49.7 Å². The maximum absolute atomic E-state index is 14.6. The van der Waals surface area contributed by atoms with Crippen molar-refractivity contribution in [3.63, 3.8) is 0 Å². The van der Waals surface area contributed by atoms with Gasteiger partial charge in [0.2, 0.25) is 0 Å². The van der Waals surface area contributed by atoms with Gasteiger partial charge in [-0.3, -0.25) is 9.59 Å². The molecule has 0 amide bonds. The van der Waals surface area contributed by atoms with E-state index in [1.165, 1.54) is 0 Å². The number of ether oxygens (including phenoxy) is 15. The minimum Gasteiger partial charge on any atom is -0.459 e. The highest BCUT2D eigenvalue weighted by atomic mass is 16.8. The molecule has 19 heteroatoms. The first-order valence-electron chi connectivity index (χ1n) is 31.2. The lowest BCUT2D eigenvalue weighted by Gasteiger charge is -2.54. The lowest BCUT2D eigenvalue weighted by atomic mass is 9.78. The molecule has 16 rings (SSSR count). The zero-order valence-electron chi connectivity index (χ0n) is 47.1. The van der Waals surface area contributed by atoms with Gasteiger partial charge in [0.25, 0.3) is 0 Å². The molecule has 0 radical (unpaired) electrons. The van der Waals surface area contributed by atoms with Gasteiger partial charge in [-0.2, -0.15) is 0 Å². The number of hydrogen-bond acceptors (Lipinski definition) is 19. The van der Waals surface area contributed by atoms with E-state index in [1.807, 2.05) is 0 Å². The van der Waals surface area contributed by atoms with Gasteiger partial charge in [-0.1, -0.05) is 40.9 Å². The molecule has 16 aliphatic rings. The zero-order chi connectivity index (χ0) is 54.7. The van der Waals surface area contributed by atoms with Gasteiger partial charge in [-0.15, -0.1) is 0 Å². The summed E-state index contributed by atoms with van der Waals surface area (Å²) in [6.45, 7) is 17.6. The van der Waals surface area contributed by atoms with Crippen molar-refractivity contribution >= 4 is 11.8 Å². The van der Waals surface area contributed by atoms with Crippen molar-refractivity contribution < 1.29 is 90.9 Å². The summed E-state index contributed by atoms with van der Waals surface area (Å²) >= 11 is 0. The van der Waals surface area contributed by atoms with E-state index in [9.17, 15) is 19.8 Å². The zero-order valence-corrected chi connectivity index (χ0v) is 47.1. The highest BCUT2D eigenvalue weighted by Crippen LogP contribution is 2.58. The molecular formula is C61H86O19. The Morgan fingerprint density at radius 1 is 0.525 bits per heavy atom. The summed E-state index contributed by atoms with van der Waals surface area (Å²) in [7, 11) is 0. The van der Waals surface area contributed by atoms with E-state index in [1.54, 1.807) is 0 Å². The summed E-state index contributed by atoms with van der Waals surface area (Å²) in [6.07, 6.45) is 2.59. The Labute approximate surface area is 469 Å². The number of carbonyl (C=O) groups is 2. The summed E-state index contributed by atoms with van der Waals surface area (Å²) in [5, 5.41) is 20.4. The van der Waals surface area contributed by atoms with Gasteiger partial charge in [0.15, 0.2) is 17.4 Å². The molecule has 16 saturated heterocycles. The van der Waals surface area contributed by atoms with E-state index in [-0.39, 0.29) is 159 Å². The number of aliphatic hydroxyl groups is 2. The molecule has 0 aromatic rings. The third kappa shape index (κ3) is 9.51. The SMILES string of the molecule is C=C1C[C@@H]2CC[C@]34C[C@H]5O[C@H]6[C@H](O3)[C@H]3O[C@H](CC[C@@H]3O[C@@H]6[C@H]5O4)CC(=O)O[C@@H]3[C@H](C)[C@@H]4O[C@H]5CC6(C[C@@H]7O[C@@]8(C[C@H](C)[C@@H]7O6)C[C@H](C)[C@@H]6O[C@@H](CC(=O)CCO)[C@@H](O)C[C@H]6O8)O[C@@H]5C[C@@H]4O[C@H]3C[C@@H]3O[C@H](CC[C@@H]1O2)C[C@H](C)C3=C. The predicted molar refractivity (Wildman–Crippen MR) is 277 cm³/mol. The minimum absolute atomic E-state index is 0.0122. The van der Waals surface area contributed by atoms with Crippen LogP contribution in [0.4, 0.5) is 0 Å². The number of Topliss-reactive ketones (excluding diaryl/α,β-unsaturated/α-hetero) is 1. The number of hydrogen-bond donors (Lipinski definition) is 2.